The number of rotatable bonds is 2. The monoisotopic (exact) mass is 212 g/mol. The number of aliphatic hydroxyl groups excluding tert-OH is 4. The van der Waals surface area contributed by atoms with Crippen LogP contribution in [0.15, 0.2) is 0 Å². The summed E-state index contributed by atoms with van der Waals surface area (Å²) in [6.45, 7) is -0.474. The molecule has 7 heteroatoms. The van der Waals surface area contributed by atoms with Crippen molar-refractivity contribution in [1.82, 2.24) is 0 Å². The van der Waals surface area contributed by atoms with Crippen molar-refractivity contribution in [2.45, 2.75) is 30.7 Å². The van der Waals surface area contributed by atoms with Gasteiger partial charge in [0.1, 0.15) is 24.4 Å². The van der Waals surface area contributed by atoms with Gasteiger partial charge in [-0.15, -0.1) is 0 Å². The maximum absolute atomic E-state index is 9.25. The van der Waals surface area contributed by atoms with Crippen LogP contribution in [0.3, 0.4) is 0 Å². The third-order valence-corrected chi connectivity index (χ3v) is 2.16. The number of hydrogen-bond acceptors (Lipinski definition) is 7. The second-order valence-corrected chi connectivity index (χ2v) is 3.01. The molecule has 0 amide bonds. The van der Waals surface area contributed by atoms with E-state index in [0.29, 0.717) is 0 Å². The molecule has 0 saturated carbocycles. The normalized spacial score (nSPS) is 46.4. The van der Waals surface area contributed by atoms with Crippen LogP contribution in [-0.4, -0.2) is 57.7 Å². The minimum Gasteiger partial charge on any atom is -0.394 e. The highest BCUT2D eigenvalue weighted by Gasteiger charge is 2.43. The molecule has 5 atom stereocenters. The third-order valence-electron chi connectivity index (χ3n) is 1.95. The van der Waals surface area contributed by atoms with Crippen LogP contribution in [0.1, 0.15) is 0 Å². The van der Waals surface area contributed by atoms with Crippen LogP contribution in [-0.2, 0) is 8.92 Å². The van der Waals surface area contributed by atoms with Crippen molar-refractivity contribution in [3.8, 4) is 0 Å². The first-order chi connectivity index (χ1) is 6.11. The van der Waals surface area contributed by atoms with Crippen molar-refractivity contribution in [3.05, 3.63) is 0 Å². The highest BCUT2D eigenvalue weighted by atomic mass is 32.1. The van der Waals surface area contributed by atoms with Crippen molar-refractivity contribution >= 4 is 12.9 Å². The topological polar surface area (TPSA) is 99.4 Å². The Balaban J connectivity index is 2.66. The van der Waals surface area contributed by atoms with Crippen LogP contribution in [0.4, 0.5) is 0 Å². The van der Waals surface area contributed by atoms with E-state index in [2.05, 4.69) is 17.1 Å². The average molecular weight is 212 g/mol. The van der Waals surface area contributed by atoms with Gasteiger partial charge in [-0.25, -0.2) is 0 Å². The summed E-state index contributed by atoms with van der Waals surface area (Å²) in [5.74, 6) is 0. The highest BCUT2D eigenvalue weighted by Crippen LogP contribution is 2.22. The van der Waals surface area contributed by atoms with Gasteiger partial charge < -0.3 is 25.2 Å². The zero-order chi connectivity index (χ0) is 10.0. The molecule has 1 aliphatic rings. The van der Waals surface area contributed by atoms with E-state index in [4.69, 9.17) is 9.84 Å². The van der Waals surface area contributed by atoms with E-state index < -0.39 is 37.3 Å². The summed E-state index contributed by atoms with van der Waals surface area (Å²) in [4.78, 5) is 0. The van der Waals surface area contributed by atoms with E-state index in [-0.39, 0.29) is 0 Å². The van der Waals surface area contributed by atoms with E-state index in [0.717, 1.165) is 0 Å². The van der Waals surface area contributed by atoms with Gasteiger partial charge in [0, 0.05) is 0 Å². The fourth-order valence-corrected chi connectivity index (χ4v) is 1.33. The first-order valence-corrected chi connectivity index (χ1v) is 4.09. The lowest BCUT2D eigenvalue weighted by Crippen LogP contribution is -2.58. The number of aliphatic hydroxyl groups is 4. The highest BCUT2D eigenvalue weighted by molar-refractivity contribution is 7.75. The summed E-state index contributed by atoms with van der Waals surface area (Å²) >= 11 is 3.41. The van der Waals surface area contributed by atoms with Gasteiger partial charge in [0.2, 0.25) is 0 Å². The van der Waals surface area contributed by atoms with E-state index in [1.54, 1.807) is 0 Å². The van der Waals surface area contributed by atoms with E-state index in [1.165, 1.54) is 0 Å². The number of ether oxygens (including phenoxy) is 1. The lowest BCUT2D eigenvalue weighted by molar-refractivity contribution is -0.273. The van der Waals surface area contributed by atoms with Gasteiger partial charge in [0.15, 0.2) is 6.29 Å². The van der Waals surface area contributed by atoms with Crippen molar-refractivity contribution in [1.29, 1.82) is 0 Å². The van der Waals surface area contributed by atoms with Gasteiger partial charge in [0.25, 0.3) is 0 Å². The summed E-state index contributed by atoms with van der Waals surface area (Å²) in [5.41, 5.74) is 0. The van der Waals surface area contributed by atoms with Gasteiger partial charge in [-0.05, 0) is 12.9 Å². The summed E-state index contributed by atoms with van der Waals surface area (Å²) in [7, 11) is 0. The summed E-state index contributed by atoms with van der Waals surface area (Å²) in [6.07, 6.45) is -6.26. The van der Waals surface area contributed by atoms with Crippen LogP contribution < -0.4 is 0 Å². The largest absolute Gasteiger partial charge is 0.394 e. The smallest absolute Gasteiger partial charge is 0.199 e. The molecule has 4 N–H and O–H groups in total. The van der Waals surface area contributed by atoms with Crippen LogP contribution in [0.25, 0.3) is 0 Å². The van der Waals surface area contributed by atoms with Crippen molar-refractivity contribution in [3.63, 3.8) is 0 Å². The molecule has 0 radical (unpaired) electrons. The van der Waals surface area contributed by atoms with Crippen LogP contribution in [0.2, 0.25) is 0 Å². The Bertz CT molecular complexity index is 147. The van der Waals surface area contributed by atoms with Crippen molar-refractivity contribution in [2.75, 3.05) is 6.61 Å². The minimum absolute atomic E-state index is 0.474. The summed E-state index contributed by atoms with van der Waals surface area (Å²) in [5, 5.41) is 36.4. The van der Waals surface area contributed by atoms with E-state index >= 15 is 0 Å². The maximum atomic E-state index is 9.25. The Morgan fingerprint density at radius 3 is 2.23 bits per heavy atom. The molecule has 0 aromatic heterocycles. The molecular formula is C6H12O6S. The van der Waals surface area contributed by atoms with Crippen LogP contribution >= 0.6 is 12.9 Å². The SMILES string of the molecule is OCC1OC(OS)C(O)C(O)C1O. The fourth-order valence-electron chi connectivity index (χ4n) is 1.15. The second kappa shape index (κ2) is 4.56. The Morgan fingerprint density at radius 1 is 1.15 bits per heavy atom. The molecule has 1 saturated heterocycles. The van der Waals surface area contributed by atoms with Gasteiger partial charge in [0.05, 0.1) is 6.61 Å². The Kier molecular flexibility index (Phi) is 3.92. The lowest BCUT2D eigenvalue weighted by Gasteiger charge is -2.38. The van der Waals surface area contributed by atoms with Crippen molar-refractivity contribution in [2.24, 2.45) is 0 Å². The Labute approximate surface area is 80.3 Å². The molecule has 1 rings (SSSR count). The van der Waals surface area contributed by atoms with Gasteiger partial charge >= 0.3 is 0 Å². The molecule has 1 fully saturated rings. The molecular weight excluding hydrogens is 200 g/mol. The maximum Gasteiger partial charge on any atom is 0.199 e. The second-order valence-electron chi connectivity index (χ2n) is 2.80. The molecule has 1 heterocycles. The summed E-state index contributed by atoms with van der Waals surface area (Å²) < 4.78 is 9.27. The number of hydrogen-bond donors (Lipinski definition) is 5. The third kappa shape index (κ3) is 2.13. The summed E-state index contributed by atoms with van der Waals surface area (Å²) in [6, 6.07) is 0. The molecule has 6 nitrogen and oxygen atoms in total. The van der Waals surface area contributed by atoms with E-state index in [1.807, 2.05) is 0 Å². The predicted molar refractivity (Wildman–Crippen MR) is 43.8 cm³/mol. The average Bonchev–Trinajstić information content (AvgIpc) is 2.15. The fraction of sp³-hybridized carbons (Fsp3) is 1.00. The van der Waals surface area contributed by atoms with Gasteiger partial charge in [-0.3, -0.25) is 4.18 Å². The predicted octanol–water partition coefficient (Wildman–Crippen LogP) is -2.35. The van der Waals surface area contributed by atoms with Gasteiger partial charge in [-0.1, -0.05) is 0 Å². The first kappa shape index (κ1) is 11.2. The molecule has 0 spiro atoms. The molecule has 0 aromatic rings. The van der Waals surface area contributed by atoms with Crippen LogP contribution in [0.5, 0.6) is 0 Å². The molecule has 78 valence electrons. The standard InChI is InChI=1S/C6H12O6S/c7-1-2-3(8)4(9)5(10)6(11-2)12-13/h2-10,13H,1H2. The molecule has 13 heavy (non-hydrogen) atoms. The minimum atomic E-state index is -1.41. The molecule has 5 unspecified atom stereocenters. The quantitative estimate of drug-likeness (QED) is 0.259. The molecule has 1 aliphatic heterocycles. The molecule has 0 aliphatic carbocycles. The van der Waals surface area contributed by atoms with Crippen molar-refractivity contribution < 1.29 is 29.3 Å². The first-order valence-electron chi connectivity index (χ1n) is 3.72. The van der Waals surface area contributed by atoms with E-state index in [9.17, 15) is 15.3 Å². The Hall–Kier alpha value is 0.110. The lowest BCUT2D eigenvalue weighted by atomic mass is 10.00. The van der Waals surface area contributed by atoms with Gasteiger partial charge in [-0.2, -0.15) is 0 Å². The zero-order valence-corrected chi connectivity index (χ0v) is 7.54. The Morgan fingerprint density at radius 2 is 1.77 bits per heavy atom. The molecule has 0 bridgehead atoms. The molecule has 0 aromatic carbocycles. The zero-order valence-electron chi connectivity index (χ0n) is 6.65. The van der Waals surface area contributed by atoms with Crippen LogP contribution in [0, 0.1) is 0 Å². The number of thiol groups is 1.